The van der Waals surface area contributed by atoms with Crippen LogP contribution in [0.25, 0.3) is 0 Å². The molecular formula is C65H89N17O22S4. The Labute approximate surface area is 633 Å². The molecule has 0 aromatic heterocycles. The van der Waals surface area contributed by atoms with E-state index < -0.39 is 240 Å². The van der Waals surface area contributed by atoms with Gasteiger partial charge in [0.1, 0.15) is 96.1 Å². The predicted molar refractivity (Wildman–Crippen MR) is 388 cm³/mol. The molecule has 7 rings (SSSR count). The summed E-state index contributed by atoms with van der Waals surface area (Å²) in [6.45, 7) is 0.112. The number of aliphatic carboxylic acids is 1. The number of benzene rings is 2. The van der Waals surface area contributed by atoms with E-state index in [1.807, 2.05) is 0 Å². The Morgan fingerprint density at radius 2 is 0.944 bits per heavy atom. The van der Waals surface area contributed by atoms with Gasteiger partial charge in [0.25, 0.3) is 0 Å². The summed E-state index contributed by atoms with van der Waals surface area (Å²) in [6.07, 6.45) is -3.97. The first kappa shape index (κ1) is 85.6. The molecule has 2 aromatic rings. The maximum Gasteiger partial charge on any atom is 0.305 e. The summed E-state index contributed by atoms with van der Waals surface area (Å²) in [4.78, 5) is 243. The SMILES string of the molecule is C[C@@H]1NC(=O)[C@H](Cc2ccc(O)cc2)NC(=O)[C@@H]2CSSC[C@H](NC(=O)CN)C(=O)N[C@@H](CSSC[C@@H](C(N)=O)NC(=O)[C@H](CC(=O)O)NC(=O)[C@@H]3CCCN3C(=O)[C@H](CC(N)=O)NC(=O)[C@H]([C@@H](C)O)NC1=O)C(=O)N[C@@H](CO)C(=O)N[C@@H](Cc1ccc(O)cc1)C(=O)N1CCC[C@H]1C(=O)N1CCC[C@H]1C(=O)N2. The average Bonchev–Trinajstić information content (AvgIpc) is 1.62. The molecule has 590 valence electrons. The number of hydrogen-bond donors (Lipinski definition) is 19. The number of primary amides is 2. The molecule has 5 heterocycles. The minimum Gasteiger partial charge on any atom is -0.508 e. The lowest BCUT2D eigenvalue weighted by Crippen LogP contribution is -2.62. The van der Waals surface area contributed by atoms with Crippen LogP contribution in [0.3, 0.4) is 0 Å². The summed E-state index contributed by atoms with van der Waals surface area (Å²) in [5.74, 6) is -21.1. The van der Waals surface area contributed by atoms with E-state index in [2.05, 4.69) is 58.5 Å². The zero-order valence-corrected chi connectivity index (χ0v) is 61.9. The summed E-state index contributed by atoms with van der Waals surface area (Å²) in [6, 6.07) is -12.7. The van der Waals surface area contributed by atoms with Crippen molar-refractivity contribution in [2.75, 3.05) is 55.8 Å². The third-order valence-electron chi connectivity index (χ3n) is 18.0. The van der Waals surface area contributed by atoms with Gasteiger partial charge in [-0.15, -0.1) is 0 Å². The number of aliphatic hydroxyl groups excluding tert-OH is 2. The third-order valence-corrected chi connectivity index (χ3v) is 22.9. The second kappa shape index (κ2) is 40.5. The Morgan fingerprint density at radius 3 is 1.47 bits per heavy atom. The molecule has 0 saturated carbocycles. The Morgan fingerprint density at radius 1 is 0.500 bits per heavy atom. The molecule has 0 aliphatic carbocycles. The molecule has 2 bridgehead atoms. The van der Waals surface area contributed by atoms with Crippen molar-refractivity contribution in [1.82, 2.24) is 73.2 Å². The lowest BCUT2D eigenvalue weighted by molar-refractivity contribution is -0.148. The van der Waals surface area contributed by atoms with Crippen LogP contribution in [0.2, 0.25) is 0 Å². The maximum absolute atomic E-state index is 15.1. The van der Waals surface area contributed by atoms with Crippen LogP contribution < -0.4 is 75.7 Å². The Kier molecular flexibility index (Phi) is 32.1. The first-order valence-electron chi connectivity index (χ1n) is 34.3. The quantitative estimate of drug-likeness (QED) is 0.0828. The largest absolute Gasteiger partial charge is 0.508 e. The number of fused-ring (bicyclic) bond motifs is 11. The molecule has 39 nitrogen and oxygen atoms in total. The third kappa shape index (κ3) is 24.2. The number of carboxylic acids is 1. The highest BCUT2D eigenvalue weighted by Crippen LogP contribution is 2.30. The van der Waals surface area contributed by atoms with Gasteiger partial charge in [0.15, 0.2) is 0 Å². The second-order valence-electron chi connectivity index (χ2n) is 26.1. The van der Waals surface area contributed by atoms with Crippen molar-refractivity contribution in [2.24, 2.45) is 17.2 Å². The molecule has 5 aliphatic heterocycles. The minimum atomic E-state index is -2.00. The van der Waals surface area contributed by atoms with Crippen LogP contribution in [0, 0.1) is 0 Å². The van der Waals surface area contributed by atoms with Crippen molar-refractivity contribution in [3.63, 3.8) is 0 Å². The van der Waals surface area contributed by atoms with E-state index in [1.54, 1.807) is 0 Å². The van der Waals surface area contributed by atoms with E-state index in [-0.39, 0.29) is 82.5 Å². The monoisotopic (exact) mass is 1590 g/mol. The van der Waals surface area contributed by atoms with E-state index in [0.29, 0.717) is 11.1 Å². The minimum absolute atomic E-state index is 0.0136. The molecule has 5 saturated heterocycles. The lowest BCUT2D eigenvalue weighted by atomic mass is 10.0. The van der Waals surface area contributed by atoms with Crippen molar-refractivity contribution in [1.29, 1.82) is 0 Å². The van der Waals surface area contributed by atoms with Gasteiger partial charge in [-0.2, -0.15) is 0 Å². The lowest BCUT2D eigenvalue weighted by Gasteiger charge is -2.33. The number of carboxylic acid groups (broad SMARTS) is 1. The van der Waals surface area contributed by atoms with E-state index in [1.165, 1.54) is 58.3 Å². The van der Waals surface area contributed by atoms with Crippen LogP contribution >= 0.6 is 43.2 Å². The standard InChI is InChI=1S/C65H89N17O22S4/c1-30-53(92)79-51(31(2)84)62(101)74-39(22-48(67)87)64(103)80-17-3-6-45(80)60(99)72-37(23-50(89)90)55(94)76-41(52(68)91)26-105-107-28-43-59(98)75-40(25-83)56(95)73-38(21-33-11-15-35(86)16-12-33)63(102)82-19-5-8-47(82)65(104)81-18-4-7-46(81)61(100)78-44(29-108-106-27-42(57(96)77-43)70-49(88)24-66)58(97)71-36(54(93)69-30)20-32-9-13-34(85)14-10-32/h9-16,30-31,36-47,51,83-86H,3-8,17-29,66H2,1-2H3,(H2,67,87)(H2,68,91)(H,69,93)(H,70,88)(H,71,97)(H,72,99)(H,73,95)(H,74,101)(H,75,98)(H,76,94)(H,77,96)(H,78,100)(H,79,92)(H,89,90)/t30-,31+,36-,37-,38-,39-,40-,41-,42-,43-,44-,45-,46-,47-,51-/m0/s1. The van der Waals surface area contributed by atoms with E-state index in [0.717, 1.165) is 61.9 Å². The van der Waals surface area contributed by atoms with Crippen LogP contribution in [-0.4, -0.2) is 287 Å². The van der Waals surface area contributed by atoms with E-state index in [9.17, 15) is 97.5 Å². The Bertz CT molecular complexity index is 3700. The number of rotatable bonds is 13. The van der Waals surface area contributed by atoms with Crippen molar-refractivity contribution in [3.8, 4) is 11.5 Å². The molecule has 22 N–H and O–H groups in total. The summed E-state index contributed by atoms with van der Waals surface area (Å²) in [5, 5.41) is 78.7. The predicted octanol–water partition coefficient (Wildman–Crippen LogP) is -7.83. The van der Waals surface area contributed by atoms with Crippen molar-refractivity contribution in [3.05, 3.63) is 59.7 Å². The highest BCUT2D eigenvalue weighted by Gasteiger charge is 2.47. The number of aromatic hydroxyl groups is 2. The molecule has 5 fully saturated rings. The molecular weight excluding hydrogens is 1500 g/mol. The van der Waals surface area contributed by atoms with Gasteiger partial charge in [-0.1, -0.05) is 67.4 Å². The number of phenolic OH excluding ortho intramolecular Hbond substituents is 2. The van der Waals surface area contributed by atoms with Gasteiger partial charge in [-0.3, -0.25) is 81.5 Å². The van der Waals surface area contributed by atoms with Crippen molar-refractivity contribution < 1.29 is 107 Å². The van der Waals surface area contributed by atoms with Crippen LogP contribution in [-0.2, 0) is 94.3 Å². The number of amides is 16. The fourth-order valence-electron chi connectivity index (χ4n) is 12.3. The zero-order chi connectivity index (χ0) is 79.2. The van der Waals surface area contributed by atoms with Gasteiger partial charge in [-0.25, -0.2) is 0 Å². The van der Waals surface area contributed by atoms with Crippen LogP contribution in [0.5, 0.6) is 11.5 Å². The van der Waals surface area contributed by atoms with E-state index in [4.69, 9.17) is 17.2 Å². The van der Waals surface area contributed by atoms with Crippen LogP contribution in [0.15, 0.2) is 48.5 Å². The molecule has 15 atom stereocenters. The van der Waals surface area contributed by atoms with Gasteiger partial charge in [0.05, 0.1) is 32.1 Å². The normalized spacial score (nSPS) is 28.3. The number of nitrogens with two attached hydrogens (primary N) is 3. The molecule has 0 unspecified atom stereocenters. The number of nitrogens with zero attached hydrogens (tertiary/aromatic N) is 3. The molecule has 5 aliphatic rings. The fourth-order valence-corrected chi connectivity index (χ4v) is 17.0. The first-order chi connectivity index (χ1) is 51.3. The molecule has 0 radical (unpaired) electrons. The Balaban J connectivity index is 1.32. The van der Waals surface area contributed by atoms with Crippen molar-refractivity contribution in [2.45, 2.75) is 169 Å². The summed E-state index contributed by atoms with van der Waals surface area (Å²) in [5.41, 5.74) is 17.6. The smallest absolute Gasteiger partial charge is 0.305 e. The highest BCUT2D eigenvalue weighted by molar-refractivity contribution is 8.77. The number of phenols is 2. The average molecular weight is 1590 g/mol. The molecule has 43 heteroatoms. The van der Waals surface area contributed by atoms with Gasteiger partial charge in [0.2, 0.25) is 94.5 Å². The van der Waals surface area contributed by atoms with Gasteiger partial charge in [-0.05, 0) is 87.8 Å². The highest BCUT2D eigenvalue weighted by atomic mass is 33.1. The molecule has 0 spiro atoms. The van der Waals surface area contributed by atoms with Gasteiger partial charge in [0, 0.05) is 55.5 Å². The first-order valence-corrected chi connectivity index (χ1v) is 39.3. The topological polar surface area (TPSA) is 611 Å². The maximum atomic E-state index is 15.1. The van der Waals surface area contributed by atoms with Crippen LogP contribution in [0.4, 0.5) is 0 Å². The van der Waals surface area contributed by atoms with Crippen LogP contribution in [0.1, 0.15) is 76.3 Å². The van der Waals surface area contributed by atoms with E-state index >= 15 is 9.59 Å². The molecule has 108 heavy (non-hydrogen) atoms. The number of aliphatic hydroxyl groups is 2. The summed E-state index contributed by atoms with van der Waals surface area (Å²) >= 11 is 0. The summed E-state index contributed by atoms with van der Waals surface area (Å²) in [7, 11) is 3.14. The number of carbonyl (C=O) groups is 17. The van der Waals surface area contributed by atoms with Crippen molar-refractivity contribution >= 4 is 144 Å². The fraction of sp³-hybridized carbons (Fsp3) is 0.554. The molecule has 16 amide bonds. The zero-order valence-electron chi connectivity index (χ0n) is 58.6. The number of hydrogen-bond acceptors (Lipinski definition) is 26. The second-order valence-corrected chi connectivity index (χ2v) is 31.2. The molecule has 2 aromatic carbocycles. The Hall–Kier alpha value is -9.69. The van der Waals surface area contributed by atoms with Gasteiger partial charge >= 0.3 is 5.97 Å². The van der Waals surface area contributed by atoms with Gasteiger partial charge < -0.3 is 116 Å². The summed E-state index contributed by atoms with van der Waals surface area (Å²) < 4.78 is 0. The number of nitrogens with one attached hydrogen (secondary N) is 11. The number of carbonyl (C=O) groups excluding carboxylic acids is 16.